The third-order valence-electron chi connectivity index (χ3n) is 2.36. The van der Waals surface area contributed by atoms with Gasteiger partial charge in [0.15, 0.2) is 0 Å². The summed E-state index contributed by atoms with van der Waals surface area (Å²) in [6.07, 6.45) is 1.46. The zero-order valence-electron chi connectivity index (χ0n) is 8.26. The summed E-state index contributed by atoms with van der Waals surface area (Å²) in [7, 11) is -1.46. The normalized spacial score (nSPS) is 21.3. The first-order valence-corrected chi connectivity index (χ1v) is 4.91. The van der Waals surface area contributed by atoms with Crippen LogP contribution in [0.25, 0.3) is 0 Å². The van der Waals surface area contributed by atoms with Gasteiger partial charge in [0.05, 0.1) is 12.3 Å². The van der Waals surface area contributed by atoms with Gasteiger partial charge in [-0.3, -0.25) is 4.98 Å². The molecule has 6 heteroatoms. The molecule has 80 valence electrons. The Hall–Kier alpha value is -0.945. The predicted molar refractivity (Wildman–Crippen MR) is 55.6 cm³/mol. The molecule has 0 saturated carbocycles. The number of pyridine rings is 1. The quantitative estimate of drug-likeness (QED) is 0.511. The number of ether oxygens (including phenoxy) is 1. The number of hydrogen-bond donors (Lipinski definition) is 3. The average Bonchev–Trinajstić information content (AvgIpc) is 2.30. The minimum atomic E-state index is -1.46. The monoisotopic (exact) mass is 208 g/mol. The first kappa shape index (κ1) is 10.6. The predicted octanol–water partition coefficient (Wildman–Crippen LogP) is -1.58. The molecule has 1 unspecified atom stereocenters. The second-order valence-corrected chi connectivity index (χ2v) is 3.45. The smallest absolute Gasteiger partial charge is 0.423 e. The van der Waals surface area contributed by atoms with E-state index >= 15 is 0 Å². The molecular formula is C9H13BN2O3. The molecule has 2 heterocycles. The molecule has 0 bridgehead atoms. The largest absolute Gasteiger partial charge is 0.488 e. The summed E-state index contributed by atoms with van der Waals surface area (Å²) in [5, 5.41) is 21.2. The number of aromatic nitrogens is 1. The van der Waals surface area contributed by atoms with Crippen LogP contribution in [0, 0.1) is 0 Å². The van der Waals surface area contributed by atoms with E-state index in [0.29, 0.717) is 18.6 Å². The van der Waals surface area contributed by atoms with Gasteiger partial charge < -0.3 is 20.1 Å². The summed E-state index contributed by atoms with van der Waals surface area (Å²) in [5.74, 6) is 0. The van der Waals surface area contributed by atoms with Gasteiger partial charge in [-0.25, -0.2) is 0 Å². The fraction of sp³-hybridized carbons (Fsp3) is 0.444. The lowest BCUT2D eigenvalue weighted by molar-refractivity contribution is 0.0251. The van der Waals surface area contributed by atoms with Crippen LogP contribution in [-0.2, 0) is 4.74 Å². The highest BCUT2D eigenvalue weighted by Gasteiger charge is 2.19. The van der Waals surface area contributed by atoms with Crippen molar-refractivity contribution in [3.63, 3.8) is 0 Å². The van der Waals surface area contributed by atoms with Gasteiger partial charge in [0.25, 0.3) is 0 Å². The fourth-order valence-electron chi connectivity index (χ4n) is 1.56. The summed E-state index contributed by atoms with van der Waals surface area (Å²) >= 11 is 0. The van der Waals surface area contributed by atoms with Crippen molar-refractivity contribution < 1.29 is 14.8 Å². The minimum Gasteiger partial charge on any atom is -0.423 e. The average molecular weight is 208 g/mol. The second-order valence-electron chi connectivity index (χ2n) is 3.45. The first-order chi connectivity index (χ1) is 7.27. The maximum Gasteiger partial charge on any atom is 0.488 e. The highest BCUT2D eigenvalue weighted by Crippen LogP contribution is 2.14. The van der Waals surface area contributed by atoms with Gasteiger partial charge in [-0.1, -0.05) is 0 Å². The second kappa shape index (κ2) is 4.72. The van der Waals surface area contributed by atoms with Gasteiger partial charge in [0.1, 0.15) is 6.10 Å². The number of morpholine rings is 1. The summed E-state index contributed by atoms with van der Waals surface area (Å²) in [6, 6.07) is 3.23. The Morgan fingerprint density at radius 1 is 1.53 bits per heavy atom. The van der Waals surface area contributed by atoms with Gasteiger partial charge in [0, 0.05) is 19.3 Å². The van der Waals surface area contributed by atoms with E-state index in [1.807, 2.05) is 0 Å². The molecule has 0 spiro atoms. The van der Waals surface area contributed by atoms with E-state index in [4.69, 9.17) is 14.8 Å². The minimum absolute atomic E-state index is 0.0996. The lowest BCUT2D eigenvalue weighted by Gasteiger charge is -2.23. The van der Waals surface area contributed by atoms with Gasteiger partial charge >= 0.3 is 7.12 Å². The maximum absolute atomic E-state index is 9.02. The molecule has 1 saturated heterocycles. The van der Waals surface area contributed by atoms with E-state index in [0.717, 1.165) is 12.2 Å². The van der Waals surface area contributed by atoms with E-state index in [9.17, 15) is 0 Å². The number of nitrogens with one attached hydrogen (secondary N) is 1. The summed E-state index contributed by atoms with van der Waals surface area (Å²) in [4.78, 5) is 4.16. The van der Waals surface area contributed by atoms with E-state index in [2.05, 4.69) is 10.3 Å². The molecule has 1 aromatic heterocycles. The van der Waals surface area contributed by atoms with Crippen LogP contribution in [0.4, 0.5) is 0 Å². The van der Waals surface area contributed by atoms with Crippen LogP contribution in [0.2, 0.25) is 0 Å². The molecular weight excluding hydrogens is 195 g/mol. The molecule has 1 atom stereocenters. The molecule has 1 aromatic rings. The van der Waals surface area contributed by atoms with E-state index in [1.165, 1.54) is 0 Å². The Balaban J connectivity index is 2.16. The highest BCUT2D eigenvalue weighted by atomic mass is 16.5. The Labute approximate surface area is 88.2 Å². The van der Waals surface area contributed by atoms with Crippen LogP contribution in [0.1, 0.15) is 11.8 Å². The maximum atomic E-state index is 9.02. The van der Waals surface area contributed by atoms with Gasteiger partial charge in [0.2, 0.25) is 0 Å². The molecule has 0 aromatic carbocycles. The lowest BCUT2D eigenvalue weighted by Crippen LogP contribution is -2.35. The number of rotatable bonds is 2. The molecule has 0 radical (unpaired) electrons. The van der Waals surface area contributed by atoms with Gasteiger partial charge in [-0.2, -0.15) is 0 Å². The Bertz CT molecular complexity index is 329. The van der Waals surface area contributed by atoms with Crippen molar-refractivity contribution in [1.29, 1.82) is 0 Å². The van der Waals surface area contributed by atoms with Crippen LogP contribution in [0.5, 0.6) is 0 Å². The molecule has 1 aliphatic heterocycles. The molecule has 1 aliphatic rings. The van der Waals surface area contributed by atoms with Crippen molar-refractivity contribution in [3.05, 3.63) is 24.0 Å². The van der Waals surface area contributed by atoms with Crippen LogP contribution in [0.3, 0.4) is 0 Å². The Kier molecular flexibility index (Phi) is 3.32. The molecule has 3 N–H and O–H groups in total. The third-order valence-corrected chi connectivity index (χ3v) is 2.36. The van der Waals surface area contributed by atoms with E-state index in [1.54, 1.807) is 18.3 Å². The van der Waals surface area contributed by atoms with Crippen LogP contribution >= 0.6 is 0 Å². The standard InChI is InChI=1S/C9H13BN2O3/c13-10(14)7-1-2-12-8(5-7)9-6-11-3-4-15-9/h1-2,5,9,11,13-14H,3-4,6H2. The lowest BCUT2D eigenvalue weighted by atomic mass is 9.80. The van der Waals surface area contributed by atoms with Crippen molar-refractivity contribution in [2.45, 2.75) is 6.10 Å². The fourth-order valence-corrected chi connectivity index (χ4v) is 1.56. The molecule has 2 rings (SSSR count). The van der Waals surface area contributed by atoms with E-state index < -0.39 is 7.12 Å². The van der Waals surface area contributed by atoms with Crippen LogP contribution in [-0.4, -0.2) is 41.8 Å². The topological polar surface area (TPSA) is 74.6 Å². The summed E-state index contributed by atoms with van der Waals surface area (Å²) in [5.41, 5.74) is 1.17. The summed E-state index contributed by atoms with van der Waals surface area (Å²) in [6.45, 7) is 2.20. The molecule has 5 nitrogen and oxygen atoms in total. The van der Waals surface area contributed by atoms with Crippen molar-refractivity contribution in [3.8, 4) is 0 Å². The van der Waals surface area contributed by atoms with Crippen molar-refractivity contribution in [2.75, 3.05) is 19.7 Å². The Morgan fingerprint density at radius 3 is 3.07 bits per heavy atom. The van der Waals surface area contributed by atoms with Gasteiger partial charge in [-0.15, -0.1) is 0 Å². The first-order valence-electron chi connectivity index (χ1n) is 4.91. The summed E-state index contributed by atoms with van der Waals surface area (Å²) < 4.78 is 5.51. The van der Waals surface area contributed by atoms with Crippen LogP contribution < -0.4 is 10.8 Å². The molecule has 0 aliphatic carbocycles. The third kappa shape index (κ3) is 2.54. The zero-order valence-corrected chi connectivity index (χ0v) is 8.26. The van der Waals surface area contributed by atoms with Crippen LogP contribution in [0.15, 0.2) is 18.3 Å². The number of nitrogens with zero attached hydrogens (tertiary/aromatic N) is 1. The molecule has 1 fully saturated rings. The molecule has 0 amide bonds. The van der Waals surface area contributed by atoms with Gasteiger partial charge in [-0.05, 0) is 17.6 Å². The van der Waals surface area contributed by atoms with Crippen molar-refractivity contribution >= 4 is 12.6 Å². The van der Waals surface area contributed by atoms with E-state index in [-0.39, 0.29) is 6.10 Å². The highest BCUT2D eigenvalue weighted by molar-refractivity contribution is 6.58. The molecule has 15 heavy (non-hydrogen) atoms. The zero-order chi connectivity index (χ0) is 10.7. The van der Waals surface area contributed by atoms with Crippen molar-refractivity contribution in [1.82, 2.24) is 10.3 Å². The Morgan fingerprint density at radius 2 is 2.40 bits per heavy atom. The number of hydrogen-bond acceptors (Lipinski definition) is 5. The van der Waals surface area contributed by atoms with Crippen molar-refractivity contribution in [2.24, 2.45) is 0 Å². The SMILES string of the molecule is OB(O)c1ccnc(C2CNCCO2)c1.